The summed E-state index contributed by atoms with van der Waals surface area (Å²) in [5.41, 5.74) is 2.06. The van der Waals surface area contributed by atoms with Crippen molar-refractivity contribution in [2.45, 2.75) is 42.3 Å². The quantitative estimate of drug-likeness (QED) is 0.605. The fourth-order valence-electron chi connectivity index (χ4n) is 7.31. The predicted octanol–water partition coefficient (Wildman–Crippen LogP) is 3.63. The van der Waals surface area contributed by atoms with E-state index in [1.807, 2.05) is 78.9 Å². The van der Waals surface area contributed by atoms with Crippen molar-refractivity contribution in [1.29, 1.82) is 0 Å². The Morgan fingerprint density at radius 2 is 1.59 bits per heavy atom. The molecule has 4 aliphatic rings. The number of methoxy groups -OCH3 is 1. The highest BCUT2D eigenvalue weighted by molar-refractivity contribution is 6.11. The van der Waals surface area contributed by atoms with Crippen LogP contribution < -0.4 is 10.1 Å². The maximum absolute atomic E-state index is 14.4. The molecular weight excluding hydrogens is 466 g/mol. The molecule has 3 saturated heterocycles. The van der Waals surface area contributed by atoms with Gasteiger partial charge in [0, 0.05) is 18.2 Å². The molecule has 7 nitrogen and oxygen atoms in total. The summed E-state index contributed by atoms with van der Waals surface area (Å²) in [6.07, 6.45) is 1.45. The van der Waals surface area contributed by atoms with Crippen molar-refractivity contribution in [3.63, 3.8) is 0 Å². The fraction of sp³-hybridized carbons (Fsp3) is 0.300. The third-order valence-corrected chi connectivity index (χ3v) is 8.73. The molecule has 7 rings (SSSR count). The maximum Gasteiger partial charge on any atom is 0.246 e. The van der Waals surface area contributed by atoms with Gasteiger partial charge in [-0.2, -0.15) is 0 Å². The molecule has 37 heavy (non-hydrogen) atoms. The zero-order valence-corrected chi connectivity index (χ0v) is 20.5. The van der Waals surface area contributed by atoms with Crippen LogP contribution in [0.15, 0.2) is 78.9 Å². The smallest absolute Gasteiger partial charge is 0.246 e. The van der Waals surface area contributed by atoms with Gasteiger partial charge in [-0.15, -0.1) is 0 Å². The van der Waals surface area contributed by atoms with Gasteiger partial charge in [-0.3, -0.25) is 14.4 Å². The van der Waals surface area contributed by atoms with Crippen LogP contribution in [0.25, 0.3) is 0 Å². The van der Waals surface area contributed by atoms with Crippen LogP contribution in [-0.4, -0.2) is 53.3 Å². The number of carbonyl (C=O) groups is 3. The molecule has 0 bridgehead atoms. The monoisotopic (exact) mass is 493 g/mol. The highest BCUT2D eigenvalue weighted by atomic mass is 16.5. The number of piperazine rings is 1. The lowest BCUT2D eigenvalue weighted by atomic mass is 9.63. The first-order valence-corrected chi connectivity index (χ1v) is 12.8. The molecule has 0 unspecified atom stereocenters. The Hall–Kier alpha value is -4.13. The number of nitrogens with zero attached hydrogens (tertiary/aromatic N) is 2. The summed E-state index contributed by atoms with van der Waals surface area (Å²) in [5, 5.41) is 3.12. The number of nitrogens with one attached hydrogen (secondary N) is 1. The van der Waals surface area contributed by atoms with Crippen LogP contribution >= 0.6 is 0 Å². The third kappa shape index (κ3) is 2.79. The van der Waals surface area contributed by atoms with E-state index in [0.29, 0.717) is 18.7 Å². The number of amides is 3. The molecular formula is C30H27N3O4. The Balaban J connectivity index is 1.56. The highest BCUT2D eigenvalue weighted by Gasteiger charge is 2.72. The van der Waals surface area contributed by atoms with E-state index < -0.39 is 29.5 Å². The molecule has 3 fully saturated rings. The predicted molar refractivity (Wildman–Crippen MR) is 137 cm³/mol. The van der Waals surface area contributed by atoms with E-state index in [1.165, 1.54) is 0 Å². The van der Waals surface area contributed by atoms with Gasteiger partial charge in [-0.25, -0.2) is 0 Å². The van der Waals surface area contributed by atoms with E-state index in [1.54, 1.807) is 16.9 Å². The molecule has 0 aliphatic carbocycles. The van der Waals surface area contributed by atoms with E-state index >= 15 is 0 Å². The number of benzene rings is 3. The number of hydrogen-bond donors (Lipinski definition) is 1. The molecule has 4 aliphatic heterocycles. The molecule has 0 saturated carbocycles. The molecule has 7 heteroatoms. The van der Waals surface area contributed by atoms with Crippen molar-refractivity contribution in [2.75, 3.05) is 19.0 Å². The first kappa shape index (κ1) is 22.1. The van der Waals surface area contributed by atoms with Crippen molar-refractivity contribution < 1.29 is 19.1 Å². The molecule has 186 valence electrons. The lowest BCUT2D eigenvalue weighted by molar-refractivity contribution is -0.159. The molecule has 5 atom stereocenters. The maximum atomic E-state index is 14.4. The molecule has 3 aromatic rings. The number of hydrogen-bond acceptors (Lipinski definition) is 4. The summed E-state index contributed by atoms with van der Waals surface area (Å²) in [5.74, 6) is -0.186. The van der Waals surface area contributed by atoms with Gasteiger partial charge in [-0.05, 0) is 47.7 Å². The second-order valence-electron chi connectivity index (χ2n) is 10.3. The highest BCUT2D eigenvalue weighted by Crippen LogP contribution is 2.64. The minimum absolute atomic E-state index is 0.0662. The standard InChI is InChI=1S/C30H27N3O4/c1-37-20-15-13-19(14-16-20)26-30(21-10-5-6-11-22(21)31-29(30)36)24(18-8-3-2-4-9-18)25-28(35)32-17-7-12-23(32)27(34)33(25)26/h2-6,8-11,13-16,23-26H,7,12,17H2,1H3,(H,31,36)/t23-,24-,25+,26+,30+/m0/s1. The zero-order chi connectivity index (χ0) is 25.3. The van der Waals surface area contributed by atoms with Gasteiger partial charge in [0.05, 0.1) is 13.2 Å². The zero-order valence-electron chi connectivity index (χ0n) is 20.5. The van der Waals surface area contributed by atoms with Crippen LogP contribution in [0.2, 0.25) is 0 Å². The Bertz CT molecular complexity index is 1420. The first-order chi connectivity index (χ1) is 18.1. The second kappa shape index (κ2) is 7.93. The lowest BCUT2D eigenvalue weighted by Gasteiger charge is -2.42. The van der Waals surface area contributed by atoms with Gasteiger partial charge in [-0.1, -0.05) is 60.7 Å². The van der Waals surface area contributed by atoms with Gasteiger partial charge in [0.15, 0.2) is 0 Å². The number of anilines is 1. The number of ether oxygens (including phenoxy) is 1. The Labute approximate surface area is 215 Å². The van der Waals surface area contributed by atoms with Crippen molar-refractivity contribution >= 4 is 23.4 Å². The average Bonchev–Trinajstić information content (AvgIpc) is 3.63. The largest absolute Gasteiger partial charge is 0.497 e. The summed E-state index contributed by atoms with van der Waals surface area (Å²) in [7, 11) is 1.61. The topological polar surface area (TPSA) is 79.0 Å². The molecule has 1 spiro atoms. The third-order valence-electron chi connectivity index (χ3n) is 8.73. The number of para-hydroxylation sites is 1. The Kier molecular flexibility index (Phi) is 4.74. The minimum atomic E-state index is -1.18. The Morgan fingerprint density at radius 3 is 2.35 bits per heavy atom. The van der Waals surface area contributed by atoms with Crippen molar-refractivity contribution in [1.82, 2.24) is 9.80 Å². The number of carbonyl (C=O) groups excluding carboxylic acids is 3. The van der Waals surface area contributed by atoms with E-state index in [4.69, 9.17) is 4.74 Å². The van der Waals surface area contributed by atoms with Crippen molar-refractivity contribution in [2.24, 2.45) is 0 Å². The molecule has 4 heterocycles. The normalized spacial score (nSPS) is 29.8. The van der Waals surface area contributed by atoms with E-state index in [0.717, 1.165) is 28.8 Å². The number of rotatable bonds is 3. The summed E-state index contributed by atoms with van der Waals surface area (Å²) in [6, 6.07) is 23.0. The van der Waals surface area contributed by atoms with Crippen molar-refractivity contribution in [3.8, 4) is 5.75 Å². The molecule has 3 aromatic carbocycles. The van der Waals surface area contributed by atoms with E-state index in [9.17, 15) is 14.4 Å². The summed E-state index contributed by atoms with van der Waals surface area (Å²) < 4.78 is 5.40. The molecule has 3 amide bonds. The summed E-state index contributed by atoms with van der Waals surface area (Å²) in [6.45, 7) is 0.573. The Morgan fingerprint density at radius 1 is 0.865 bits per heavy atom. The SMILES string of the molecule is COc1ccc([C@H]2N3C(=O)[C@@H]4CCCN4C(=O)[C@H]3[C@H](c3ccccc3)[C@@]23C(=O)Nc2ccccc23)cc1. The number of fused-ring (bicyclic) bond motifs is 4. The first-order valence-electron chi connectivity index (χ1n) is 12.8. The summed E-state index contributed by atoms with van der Waals surface area (Å²) in [4.78, 5) is 46.3. The van der Waals surface area contributed by atoms with Crippen LogP contribution in [-0.2, 0) is 19.8 Å². The molecule has 1 N–H and O–H groups in total. The van der Waals surface area contributed by atoms with Gasteiger partial charge in [0.1, 0.15) is 23.2 Å². The average molecular weight is 494 g/mol. The van der Waals surface area contributed by atoms with Gasteiger partial charge in [0.25, 0.3) is 0 Å². The van der Waals surface area contributed by atoms with E-state index in [-0.39, 0.29) is 17.7 Å². The van der Waals surface area contributed by atoms with E-state index in [2.05, 4.69) is 5.32 Å². The fourth-order valence-corrected chi connectivity index (χ4v) is 7.31. The lowest BCUT2D eigenvalue weighted by Crippen LogP contribution is -2.61. The minimum Gasteiger partial charge on any atom is -0.497 e. The molecule has 0 aromatic heterocycles. The summed E-state index contributed by atoms with van der Waals surface area (Å²) >= 11 is 0. The van der Waals surface area contributed by atoms with Crippen LogP contribution in [0.4, 0.5) is 5.69 Å². The molecule has 0 radical (unpaired) electrons. The van der Waals surface area contributed by atoms with Crippen LogP contribution in [0.1, 0.15) is 41.5 Å². The van der Waals surface area contributed by atoms with Crippen LogP contribution in [0, 0.1) is 0 Å². The van der Waals surface area contributed by atoms with Crippen molar-refractivity contribution in [3.05, 3.63) is 95.6 Å². The second-order valence-corrected chi connectivity index (χ2v) is 10.3. The van der Waals surface area contributed by atoms with Crippen LogP contribution in [0.3, 0.4) is 0 Å². The van der Waals surface area contributed by atoms with Gasteiger partial charge < -0.3 is 19.9 Å². The van der Waals surface area contributed by atoms with Gasteiger partial charge >= 0.3 is 0 Å². The van der Waals surface area contributed by atoms with Gasteiger partial charge in [0.2, 0.25) is 17.7 Å². The van der Waals surface area contributed by atoms with Crippen LogP contribution in [0.5, 0.6) is 5.75 Å².